The van der Waals surface area contributed by atoms with Crippen LogP contribution in [0, 0.1) is 17.8 Å². The van der Waals surface area contributed by atoms with Crippen LogP contribution in [0.1, 0.15) is 52.8 Å². The van der Waals surface area contributed by atoms with E-state index in [2.05, 4.69) is 10.6 Å². The number of nitrogens with one attached hydrogen (secondary N) is 2. The van der Waals surface area contributed by atoms with Crippen molar-refractivity contribution in [1.29, 1.82) is 0 Å². The molecule has 2 bridgehead atoms. The lowest BCUT2D eigenvalue weighted by atomic mass is 9.86. The van der Waals surface area contributed by atoms with Gasteiger partial charge in [0.1, 0.15) is 6.04 Å². The second kappa shape index (κ2) is 6.66. The molecule has 152 valence electrons. The predicted molar refractivity (Wildman–Crippen MR) is 104 cm³/mol. The van der Waals surface area contributed by atoms with Gasteiger partial charge in [-0.3, -0.25) is 29.4 Å². The first kappa shape index (κ1) is 18.3. The maximum absolute atomic E-state index is 12.9. The summed E-state index contributed by atoms with van der Waals surface area (Å²) in [6, 6.07) is 4.62. The molecule has 3 fully saturated rings. The standard InChI is InChI=1S/C21H24N4O4/c22-9-12-6-11-5-10(12)7-16(11)23-13-1-2-14-15(8-13)21(29)25(20(14)28)17-3-4-18(26)24-19(17)27/h1-2,8,10-12,16-17,23H,3-7,9,22H2,(H,24,26,27). The second-order valence-corrected chi connectivity index (χ2v) is 8.68. The Morgan fingerprint density at radius 3 is 2.52 bits per heavy atom. The van der Waals surface area contributed by atoms with E-state index in [0.29, 0.717) is 34.9 Å². The highest BCUT2D eigenvalue weighted by atomic mass is 16.2. The van der Waals surface area contributed by atoms with Crippen LogP contribution < -0.4 is 16.4 Å². The average molecular weight is 396 g/mol. The molecule has 8 heteroatoms. The molecule has 0 aromatic heterocycles. The van der Waals surface area contributed by atoms with Crippen molar-refractivity contribution < 1.29 is 19.2 Å². The highest BCUT2D eigenvalue weighted by molar-refractivity contribution is 6.23. The Kier molecular flexibility index (Phi) is 4.20. The predicted octanol–water partition coefficient (Wildman–Crippen LogP) is 0.873. The number of carbonyl (C=O) groups excluding carboxylic acids is 4. The summed E-state index contributed by atoms with van der Waals surface area (Å²) in [7, 11) is 0. The average Bonchev–Trinajstić information content (AvgIpc) is 3.35. The first-order valence-electron chi connectivity index (χ1n) is 10.3. The molecular formula is C21H24N4O4. The number of nitrogens with zero attached hydrogens (tertiary/aromatic N) is 1. The largest absolute Gasteiger partial charge is 0.382 e. The van der Waals surface area contributed by atoms with E-state index < -0.39 is 23.8 Å². The number of piperidine rings is 1. The lowest BCUT2D eigenvalue weighted by molar-refractivity contribution is -0.136. The zero-order valence-electron chi connectivity index (χ0n) is 16.0. The molecule has 8 nitrogen and oxygen atoms in total. The minimum atomic E-state index is -0.935. The molecule has 5 atom stereocenters. The van der Waals surface area contributed by atoms with E-state index in [9.17, 15) is 19.2 Å². The first-order chi connectivity index (χ1) is 14.0. The Bertz CT molecular complexity index is 929. The number of imide groups is 2. The van der Waals surface area contributed by atoms with Gasteiger partial charge in [0.15, 0.2) is 0 Å². The normalized spacial score (nSPS) is 33.3. The number of hydrogen-bond acceptors (Lipinski definition) is 6. The number of benzene rings is 1. The van der Waals surface area contributed by atoms with Gasteiger partial charge in [-0.15, -0.1) is 0 Å². The number of rotatable bonds is 4. The van der Waals surface area contributed by atoms with E-state index in [0.717, 1.165) is 30.0 Å². The molecule has 2 heterocycles. The van der Waals surface area contributed by atoms with Crippen molar-refractivity contribution in [3.8, 4) is 0 Å². The van der Waals surface area contributed by atoms with Gasteiger partial charge < -0.3 is 11.1 Å². The maximum atomic E-state index is 12.9. The van der Waals surface area contributed by atoms with Crippen molar-refractivity contribution >= 4 is 29.3 Å². The van der Waals surface area contributed by atoms with Gasteiger partial charge >= 0.3 is 0 Å². The summed E-state index contributed by atoms with van der Waals surface area (Å²) < 4.78 is 0. The van der Waals surface area contributed by atoms with Crippen LogP contribution in [-0.4, -0.2) is 47.2 Å². The third-order valence-electron chi connectivity index (χ3n) is 7.10. The molecule has 29 heavy (non-hydrogen) atoms. The van der Waals surface area contributed by atoms with Crippen molar-refractivity contribution in [2.24, 2.45) is 23.5 Å². The Labute approximate surface area is 168 Å². The van der Waals surface area contributed by atoms with Crippen LogP contribution in [0.4, 0.5) is 5.69 Å². The summed E-state index contributed by atoms with van der Waals surface area (Å²) in [6.45, 7) is 0.750. The van der Waals surface area contributed by atoms with Gasteiger partial charge in [0, 0.05) is 18.2 Å². The van der Waals surface area contributed by atoms with Gasteiger partial charge in [-0.05, 0) is 68.2 Å². The fourth-order valence-electron chi connectivity index (χ4n) is 5.64. The van der Waals surface area contributed by atoms with Crippen molar-refractivity contribution in [3.05, 3.63) is 29.3 Å². The quantitative estimate of drug-likeness (QED) is 0.650. The van der Waals surface area contributed by atoms with Gasteiger partial charge in [-0.1, -0.05) is 0 Å². The summed E-state index contributed by atoms with van der Waals surface area (Å²) in [6.07, 6.45) is 3.70. The van der Waals surface area contributed by atoms with Gasteiger partial charge in [0.25, 0.3) is 11.8 Å². The number of amides is 4. The number of nitrogens with two attached hydrogens (primary N) is 1. The molecule has 0 spiro atoms. The highest BCUT2D eigenvalue weighted by Crippen LogP contribution is 2.49. The maximum Gasteiger partial charge on any atom is 0.262 e. The molecule has 5 rings (SSSR count). The van der Waals surface area contributed by atoms with Crippen LogP contribution in [0.25, 0.3) is 0 Å². The number of hydrogen-bond donors (Lipinski definition) is 3. The van der Waals surface area contributed by atoms with Crippen molar-refractivity contribution in [1.82, 2.24) is 10.2 Å². The molecule has 1 saturated heterocycles. The van der Waals surface area contributed by atoms with Crippen molar-refractivity contribution in [2.45, 2.75) is 44.2 Å². The molecule has 1 aromatic rings. The second-order valence-electron chi connectivity index (χ2n) is 8.68. The Balaban J connectivity index is 1.34. The monoisotopic (exact) mass is 396 g/mol. The molecule has 2 aliphatic carbocycles. The van der Waals surface area contributed by atoms with Gasteiger partial charge in [-0.25, -0.2) is 0 Å². The molecule has 4 aliphatic rings. The molecule has 2 aliphatic heterocycles. The Hall–Kier alpha value is -2.74. The lowest BCUT2D eigenvalue weighted by Crippen LogP contribution is -2.54. The summed E-state index contributed by atoms with van der Waals surface area (Å²) in [4.78, 5) is 50.2. The SMILES string of the molecule is NCC1CC2CC1CC2Nc1ccc2c(c1)C(=O)N(C1CCC(=O)NC1=O)C2=O. The van der Waals surface area contributed by atoms with Crippen LogP contribution >= 0.6 is 0 Å². The van der Waals surface area contributed by atoms with Crippen molar-refractivity contribution in [2.75, 3.05) is 11.9 Å². The fourth-order valence-corrected chi connectivity index (χ4v) is 5.64. The number of fused-ring (bicyclic) bond motifs is 3. The van der Waals surface area contributed by atoms with E-state index in [1.807, 2.05) is 6.07 Å². The van der Waals surface area contributed by atoms with E-state index >= 15 is 0 Å². The minimum absolute atomic E-state index is 0.116. The lowest BCUT2D eigenvalue weighted by Gasteiger charge is -2.28. The first-order valence-corrected chi connectivity index (χ1v) is 10.3. The van der Waals surface area contributed by atoms with E-state index in [-0.39, 0.29) is 18.7 Å². The highest BCUT2D eigenvalue weighted by Gasteiger charge is 2.46. The van der Waals surface area contributed by atoms with Gasteiger partial charge in [0.05, 0.1) is 11.1 Å². The van der Waals surface area contributed by atoms with E-state index in [4.69, 9.17) is 5.73 Å². The van der Waals surface area contributed by atoms with E-state index in [1.54, 1.807) is 12.1 Å². The summed E-state index contributed by atoms with van der Waals surface area (Å²) in [5.74, 6) is -0.0275. The van der Waals surface area contributed by atoms with Crippen LogP contribution in [0.15, 0.2) is 18.2 Å². The minimum Gasteiger partial charge on any atom is -0.382 e. The number of anilines is 1. The summed E-state index contributed by atoms with van der Waals surface area (Å²) >= 11 is 0. The zero-order chi connectivity index (χ0) is 20.3. The summed E-state index contributed by atoms with van der Waals surface area (Å²) in [5.41, 5.74) is 7.29. The van der Waals surface area contributed by atoms with Crippen LogP contribution in [0.5, 0.6) is 0 Å². The molecule has 2 saturated carbocycles. The van der Waals surface area contributed by atoms with E-state index in [1.165, 1.54) is 6.42 Å². The molecule has 0 radical (unpaired) electrons. The van der Waals surface area contributed by atoms with Gasteiger partial charge in [0.2, 0.25) is 11.8 Å². The number of carbonyl (C=O) groups is 4. The van der Waals surface area contributed by atoms with Crippen molar-refractivity contribution in [3.63, 3.8) is 0 Å². The van der Waals surface area contributed by atoms with Crippen LogP contribution in [0.2, 0.25) is 0 Å². The Morgan fingerprint density at radius 1 is 1.03 bits per heavy atom. The van der Waals surface area contributed by atoms with Crippen LogP contribution in [-0.2, 0) is 9.59 Å². The fraction of sp³-hybridized carbons (Fsp3) is 0.524. The Morgan fingerprint density at radius 2 is 1.83 bits per heavy atom. The third-order valence-corrected chi connectivity index (χ3v) is 7.10. The topological polar surface area (TPSA) is 122 Å². The molecular weight excluding hydrogens is 372 g/mol. The smallest absolute Gasteiger partial charge is 0.262 e. The summed E-state index contributed by atoms with van der Waals surface area (Å²) in [5, 5.41) is 5.76. The molecule has 1 aromatic carbocycles. The molecule has 4 amide bonds. The zero-order valence-corrected chi connectivity index (χ0v) is 16.0. The molecule has 4 N–H and O–H groups in total. The third kappa shape index (κ3) is 2.85. The van der Waals surface area contributed by atoms with Gasteiger partial charge in [-0.2, -0.15) is 0 Å². The molecule has 5 unspecified atom stereocenters. The van der Waals surface area contributed by atoms with Crippen LogP contribution in [0.3, 0.4) is 0 Å².